The molecule has 0 aliphatic carbocycles. The number of amides is 1. The van der Waals surface area contributed by atoms with Gasteiger partial charge in [-0.05, 0) is 29.8 Å². The van der Waals surface area contributed by atoms with Crippen LogP contribution < -0.4 is 5.32 Å². The van der Waals surface area contributed by atoms with E-state index in [4.69, 9.17) is 0 Å². The minimum atomic E-state index is -4.47. The topological polar surface area (TPSA) is 78.8 Å². The molecule has 138 valence electrons. The number of halogens is 3. The molecule has 0 aromatic heterocycles. The molecule has 0 saturated carbocycles. The van der Waals surface area contributed by atoms with Crippen molar-refractivity contribution in [2.45, 2.75) is 12.7 Å². The first kappa shape index (κ1) is 18.2. The van der Waals surface area contributed by atoms with Gasteiger partial charge >= 0.3 is 6.18 Å². The van der Waals surface area contributed by atoms with Crippen molar-refractivity contribution >= 4 is 21.8 Å². The van der Waals surface area contributed by atoms with Gasteiger partial charge in [0.05, 0.1) is 16.9 Å². The molecule has 2 aliphatic heterocycles. The van der Waals surface area contributed by atoms with Crippen molar-refractivity contribution in [1.29, 1.82) is 0 Å². The lowest BCUT2D eigenvalue weighted by molar-refractivity contribution is -0.137. The van der Waals surface area contributed by atoms with Crippen LogP contribution in [0.4, 0.5) is 13.2 Å². The first-order chi connectivity index (χ1) is 12.2. The molecule has 2 aliphatic rings. The van der Waals surface area contributed by atoms with Gasteiger partial charge in [-0.25, -0.2) is 8.42 Å². The number of nitrogens with zero attached hydrogens (tertiary/aromatic N) is 2. The van der Waals surface area contributed by atoms with Crippen LogP contribution in [0.15, 0.2) is 52.6 Å². The second-order valence-electron chi connectivity index (χ2n) is 5.70. The van der Waals surface area contributed by atoms with E-state index in [1.54, 1.807) is 17.2 Å². The summed E-state index contributed by atoms with van der Waals surface area (Å²) in [6.07, 6.45) is 0.132. The average Bonchev–Trinajstić information content (AvgIpc) is 2.58. The minimum absolute atomic E-state index is 0.0142. The normalized spacial score (nSPS) is 18.7. The fourth-order valence-corrected chi connectivity index (χ4v) is 3.51. The van der Waals surface area contributed by atoms with Gasteiger partial charge in [0.25, 0.3) is 15.9 Å². The molecule has 0 fully saturated rings. The predicted octanol–water partition coefficient (Wildman–Crippen LogP) is 1.82. The van der Waals surface area contributed by atoms with Gasteiger partial charge < -0.3 is 10.2 Å². The largest absolute Gasteiger partial charge is 0.416 e. The van der Waals surface area contributed by atoms with Crippen LogP contribution in [0.2, 0.25) is 0 Å². The SMILES string of the molecule is O=C(NCc1cccc(C(F)(F)F)c1)C1=CC=CN2CCS(=O)(=O)N=C12. The Morgan fingerprint density at radius 2 is 2.08 bits per heavy atom. The van der Waals surface area contributed by atoms with Crippen LogP contribution in [-0.2, 0) is 27.5 Å². The first-order valence-electron chi connectivity index (χ1n) is 7.58. The number of alkyl halides is 3. The van der Waals surface area contributed by atoms with Crippen LogP contribution in [0.5, 0.6) is 0 Å². The number of carbonyl (C=O) groups excluding carboxylic acids is 1. The van der Waals surface area contributed by atoms with Crippen molar-refractivity contribution < 1.29 is 26.4 Å². The molecular formula is C16H14F3N3O3S. The Bertz CT molecular complexity index is 934. The highest BCUT2D eigenvalue weighted by molar-refractivity contribution is 7.90. The number of hydrogen-bond donors (Lipinski definition) is 1. The Morgan fingerprint density at radius 1 is 1.31 bits per heavy atom. The molecule has 0 saturated heterocycles. The zero-order valence-corrected chi connectivity index (χ0v) is 14.1. The van der Waals surface area contributed by atoms with E-state index >= 15 is 0 Å². The summed E-state index contributed by atoms with van der Waals surface area (Å²) in [6.45, 7) is 0.0414. The van der Waals surface area contributed by atoms with E-state index in [9.17, 15) is 26.4 Å². The number of fused-ring (bicyclic) bond motifs is 1. The molecule has 1 aromatic carbocycles. The third-order valence-corrected chi connectivity index (χ3v) is 4.96. The summed E-state index contributed by atoms with van der Waals surface area (Å²) in [5.41, 5.74) is -0.490. The zero-order chi connectivity index (χ0) is 18.9. The minimum Gasteiger partial charge on any atom is -0.348 e. The van der Waals surface area contributed by atoms with Crippen molar-refractivity contribution in [1.82, 2.24) is 10.2 Å². The Hall–Kier alpha value is -2.62. The van der Waals surface area contributed by atoms with Gasteiger partial charge in [-0.2, -0.15) is 13.2 Å². The number of allylic oxidation sites excluding steroid dienone is 2. The number of benzene rings is 1. The maximum atomic E-state index is 12.7. The van der Waals surface area contributed by atoms with Gasteiger partial charge in [-0.15, -0.1) is 4.40 Å². The molecule has 1 N–H and O–H groups in total. The second kappa shape index (κ2) is 6.60. The van der Waals surface area contributed by atoms with Crippen LogP contribution in [-0.4, -0.2) is 37.4 Å². The van der Waals surface area contributed by atoms with Gasteiger partial charge in [0.15, 0.2) is 5.84 Å². The maximum absolute atomic E-state index is 12.7. The van der Waals surface area contributed by atoms with Crippen LogP contribution in [0.3, 0.4) is 0 Å². The average molecular weight is 385 g/mol. The highest BCUT2D eigenvalue weighted by atomic mass is 32.2. The fourth-order valence-electron chi connectivity index (χ4n) is 2.53. The van der Waals surface area contributed by atoms with Gasteiger partial charge in [-0.3, -0.25) is 4.79 Å². The molecule has 0 bridgehead atoms. The van der Waals surface area contributed by atoms with E-state index in [1.807, 2.05) is 0 Å². The second-order valence-corrected chi connectivity index (χ2v) is 7.45. The van der Waals surface area contributed by atoms with Gasteiger partial charge in [0, 0.05) is 19.3 Å². The summed E-state index contributed by atoms with van der Waals surface area (Å²) in [7, 11) is -3.64. The lowest BCUT2D eigenvalue weighted by Crippen LogP contribution is -2.42. The third kappa shape index (κ3) is 3.96. The van der Waals surface area contributed by atoms with Crippen molar-refractivity contribution in [3.05, 3.63) is 59.3 Å². The summed E-state index contributed by atoms with van der Waals surface area (Å²) in [5, 5.41) is 2.50. The number of amidine groups is 1. The van der Waals surface area contributed by atoms with E-state index in [-0.39, 0.29) is 35.8 Å². The van der Waals surface area contributed by atoms with Crippen LogP contribution >= 0.6 is 0 Å². The van der Waals surface area contributed by atoms with Gasteiger partial charge in [0.2, 0.25) is 0 Å². The predicted molar refractivity (Wildman–Crippen MR) is 88.4 cm³/mol. The Kier molecular flexibility index (Phi) is 4.61. The van der Waals surface area contributed by atoms with Crippen molar-refractivity contribution in [3.8, 4) is 0 Å². The smallest absolute Gasteiger partial charge is 0.348 e. The number of sulfonamides is 1. The summed E-state index contributed by atoms with van der Waals surface area (Å²) >= 11 is 0. The van der Waals surface area contributed by atoms with E-state index in [0.29, 0.717) is 0 Å². The van der Waals surface area contributed by atoms with Crippen LogP contribution in [0.25, 0.3) is 0 Å². The van der Waals surface area contributed by atoms with E-state index < -0.39 is 27.7 Å². The third-order valence-electron chi connectivity index (χ3n) is 3.81. The summed E-state index contributed by atoms with van der Waals surface area (Å²) in [4.78, 5) is 13.9. The molecule has 26 heavy (non-hydrogen) atoms. The standard InChI is InChI=1S/C16H14F3N3O3S/c17-16(18,19)12-4-1-3-11(9-12)10-20-15(23)13-5-2-6-22-7-8-26(24,25)21-14(13)22/h1-6,9H,7-8,10H2,(H,20,23). The fraction of sp³-hybridized carbons (Fsp3) is 0.250. The van der Waals surface area contributed by atoms with Crippen molar-refractivity contribution in [3.63, 3.8) is 0 Å². The zero-order valence-electron chi connectivity index (χ0n) is 13.3. The number of nitrogens with one attached hydrogen (secondary N) is 1. The van der Waals surface area contributed by atoms with E-state index in [0.717, 1.165) is 12.1 Å². The van der Waals surface area contributed by atoms with Crippen LogP contribution in [0, 0.1) is 0 Å². The molecular weight excluding hydrogens is 371 g/mol. The maximum Gasteiger partial charge on any atom is 0.416 e. The van der Waals surface area contributed by atoms with E-state index in [1.165, 1.54) is 18.2 Å². The molecule has 0 atom stereocenters. The summed E-state index contributed by atoms with van der Waals surface area (Å²) in [6, 6.07) is 4.61. The summed E-state index contributed by atoms with van der Waals surface area (Å²) < 4.78 is 65.2. The monoisotopic (exact) mass is 385 g/mol. The van der Waals surface area contributed by atoms with Crippen molar-refractivity contribution in [2.24, 2.45) is 4.40 Å². The molecule has 0 radical (unpaired) electrons. The van der Waals surface area contributed by atoms with E-state index in [2.05, 4.69) is 9.71 Å². The molecule has 1 aromatic rings. The van der Waals surface area contributed by atoms with Crippen molar-refractivity contribution in [2.75, 3.05) is 12.3 Å². The highest BCUT2D eigenvalue weighted by Crippen LogP contribution is 2.29. The Balaban J connectivity index is 1.75. The molecule has 0 spiro atoms. The van der Waals surface area contributed by atoms with Crippen LogP contribution in [0.1, 0.15) is 11.1 Å². The Morgan fingerprint density at radius 3 is 2.81 bits per heavy atom. The van der Waals surface area contributed by atoms with Gasteiger partial charge in [-0.1, -0.05) is 12.1 Å². The quantitative estimate of drug-likeness (QED) is 0.861. The van der Waals surface area contributed by atoms with Gasteiger partial charge in [0.1, 0.15) is 0 Å². The molecule has 2 heterocycles. The first-order valence-corrected chi connectivity index (χ1v) is 9.19. The molecule has 1 amide bonds. The molecule has 3 rings (SSSR count). The molecule has 6 nitrogen and oxygen atoms in total. The molecule has 10 heteroatoms. The highest BCUT2D eigenvalue weighted by Gasteiger charge is 2.31. The Labute approximate surface area is 147 Å². The lowest BCUT2D eigenvalue weighted by Gasteiger charge is -2.28. The number of rotatable bonds is 3. The number of carbonyl (C=O) groups is 1. The lowest BCUT2D eigenvalue weighted by atomic mass is 10.1. The molecule has 0 unspecified atom stereocenters. The summed E-state index contributed by atoms with van der Waals surface area (Å²) in [5.74, 6) is -0.757. The number of hydrogen-bond acceptors (Lipinski definition) is 4.